The number of benzene rings is 1. The van der Waals surface area contributed by atoms with Crippen molar-refractivity contribution in [1.29, 1.82) is 0 Å². The Hall–Kier alpha value is -1.82. The van der Waals surface area contributed by atoms with E-state index in [2.05, 4.69) is 20.1 Å². The van der Waals surface area contributed by atoms with Crippen molar-refractivity contribution < 1.29 is 4.79 Å². The Labute approximate surface area is 128 Å². The molecule has 1 aromatic heterocycles. The molecule has 0 bridgehead atoms. The summed E-state index contributed by atoms with van der Waals surface area (Å²) in [7, 11) is 0. The van der Waals surface area contributed by atoms with Gasteiger partial charge in [-0.05, 0) is 38.3 Å². The van der Waals surface area contributed by atoms with Crippen LogP contribution in [0, 0.1) is 13.8 Å². The molecule has 6 heteroatoms. The molecular formula is C15H18N4OS. The maximum atomic E-state index is 12.1. The normalized spacial score (nSPS) is 14.2. The first-order valence-corrected chi connectivity index (χ1v) is 8.03. The van der Waals surface area contributed by atoms with Crippen LogP contribution in [0.1, 0.15) is 30.3 Å². The minimum Gasteiger partial charge on any atom is -0.325 e. The van der Waals surface area contributed by atoms with E-state index in [1.165, 1.54) is 24.6 Å². The number of aryl methyl sites for hydroxylation is 2. The van der Waals surface area contributed by atoms with Crippen LogP contribution in [0.15, 0.2) is 29.4 Å². The van der Waals surface area contributed by atoms with E-state index in [1.807, 2.05) is 38.1 Å². The fourth-order valence-corrected chi connectivity index (χ4v) is 3.08. The first kappa shape index (κ1) is 14.1. The van der Waals surface area contributed by atoms with Crippen LogP contribution < -0.4 is 5.32 Å². The van der Waals surface area contributed by atoms with Crippen molar-refractivity contribution in [3.63, 3.8) is 0 Å². The van der Waals surface area contributed by atoms with E-state index in [4.69, 9.17) is 0 Å². The lowest BCUT2D eigenvalue weighted by Crippen LogP contribution is -2.15. The van der Waals surface area contributed by atoms with Crippen molar-refractivity contribution in [2.24, 2.45) is 0 Å². The molecule has 1 heterocycles. The summed E-state index contributed by atoms with van der Waals surface area (Å²) in [6.07, 6.45) is 2.36. The van der Waals surface area contributed by atoms with Crippen molar-refractivity contribution in [3.05, 3.63) is 35.7 Å². The van der Waals surface area contributed by atoms with Crippen molar-refractivity contribution >= 4 is 23.4 Å². The summed E-state index contributed by atoms with van der Waals surface area (Å²) in [6, 6.07) is 8.30. The summed E-state index contributed by atoms with van der Waals surface area (Å²) < 4.78 is 2.14. The molecule has 1 aliphatic carbocycles. The monoisotopic (exact) mass is 302 g/mol. The third-order valence-electron chi connectivity index (χ3n) is 3.50. The lowest BCUT2D eigenvalue weighted by atomic mass is 10.2. The van der Waals surface area contributed by atoms with Gasteiger partial charge in [-0.1, -0.05) is 30.0 Å². The van der Waals surface area contributed by atoms with Gasteiger partial charge in [0.25, 0.3) is 0 Å². The topological polar surface area (TPSA) is 59.8 Å². The molecule has 1 saturated carbocycles. The predicted octanol–water partition coefficient (Wildman–Crippen LogP) is 2.96. The van der Waals surface area contributed by atoms with Crippen LogP contribution in [0.3, 0.4) is 0 Å². The average molecular weight is 302 g/mol. The second-order valence-corrected chi connectivity index (χ2v) is 6.23. The third-order valence-corrected chi connectivity index (χ3v) is 4.44. The van der Waals surface area contributed by atoms with E-state index in [1.54, 1.807) is 0 Å². The third kappa shape index (κ3) is 3.26. The van der Waals surface area contributed by atoms with Gasteiger partial charge in [-0.3, -0.25) is 4.79 Å². The molecule has 0 atom stereocenters. The van der Waals surface area contributed by atoms with Gasteiger partial charge in [0.05, 0.1) is 5.75 Å². The highest BCUT2D eigenvalue weighted by Crippen LogP contribution is 2.38. The molecule has 1 N–H and O–H groups in total. The van der Waals surface area contributed by atoms with Gasteiger partial charge in [-0.25, -0.2) is 0 Å². The molecule has 0 radical (unpaired) electrons. The molecule has 1 aromatic carbocycles. The smallest absolute Gasteiger partial charge is 0.234 e. The Morgan fingerprint density at radius 2 is 2.10 bits per heavy atom. The number of aromatic nitrogens is 3. The molecule has 0 saturated heterocycles. The van der Waals surface area contributed by atoms with Crippen molar-refractivity contribution in [2.75, 3.05) is 11.1 Å². The number of carbonyl (C=O) groups excluding carboxylic acids is 1. The molecule has 110 valence electrons. The van der Waals surface area contributed by atoms with Gasteiger partial charge in [-0.2, -0.15) is 0 Å². The van der Waals surface area contributed by atoms with Crippen LogP contribution in [0.5, 0.6) is 0 Å². The summed E-state index contributed by atoms with van der Waals surface area (Å²) in [5.74, 6) is 1.26. The molecule has 21 heavy (non-hydrogen) atoms. The maximum absolute atomic E-state index is 12.1. The Kier molecular flexibility index (Phi) is 3.96. The van der Waals surface area contributed by atoms with Crippen molar-refractivity contribution in [3.8, 4) is 0 Å². The molecular weight excluding hydrogens is 284 g/mol. The highest BCUT2D eigenvalue weighted by molar-refractivity contribution is 7.99. The quantitative estimate of drug-likeness (QED) is 0.863. The number of nitrogens with one attached hydrogen (secondary N) is 1. The van der Waals surface area contributed by atoms with E-state index in [-0.39, 0.29) is 5.91 Å². The molecule has 1 fully saturated rings. The van der Waals surface area contributed by atoms with Gasteiger partial charge in [-0.15, -0.1) is 10.2 Å². The van der Waals surface area contributed by atoms with Gasteiger partial charge in [0.2, 0.25) is 5.91 Å². The van der Waals surface area contributed by atoms with E-state index in [0.717, 1.165) is 22.2 Å². The van der Waals surface area contributed by atoms with E-state index >= 15 is 0 Å². The second kappa shape index (κ2) is 5.89. The predicted molar refractivity (Wildman–Crippen MR) is 83.6 cm³/mol. The molecule has 1 amide bonds. The van der Waals surface area contributed by atoms with E-state index in [9.17, 15) is 4.79 Å². The standard InChI is InChI=1S/C15H18N4OS/c1-10-5-3-4-6-13(10)16-14(20)9-21-15-18-17-11(2)19(15)12-7-8-12/h3-6,12H,7-9H2,1-2H3,(H,16,20). The summed E-state index contributed by atoms with van der Waals surface area (Å²) >= 11 is 1.45. The first-order chi connectivity index (χ1) is 10.1. The lowest BCUT2D eigenvalue weighted by molar-refractivity contribution is -0.113. The van der Waals surface area contributed by atoms with Crippen LogP contribution >= 0.6 is 11.8 Å². The highest BCUT2D eigenvalue weighted by Gasteiger charge is 2.28. The van der Waals surface area contributed by atoms with Gasteiger partial charge in [0.1, 0.15) is 5.82 Å². The Bertz CT molecular complexity index is 663. The van der Waals surface area contributed by atoms with E-state index < -0.39 is 0 Å². The lowest BCUT2D eigenvalue weighted by Gasteiger charge is -2.08. The number of nitrogens with zero attached hydrogens (tertiary/aromatic N) is 3. The summed E-state index contributed by atoms with van der Waals surface area (Å²) in [5, 5.41) is 12.1. The van der Waals surface area contributed by atoms with Gasteiger partial charge in [0.15, 0.2) is 5.16 Å². The van der Waals surface area contributed by atoms with Gasteiger partial charge in [0, 0.05) is 11.7 Å². The molecule has 3 rings (SSSR count). The zero-order chi connectivity index (χ0) is 14.8. The van der Waals surface area contributed by atoms with Crippen molar-refractivity contribution in [2.45, 2.75) is 37.9 Å². The number of hydrogen-bond donors (Lipinski definition) is 1. The number of amides is 1. The summed E-state index contributed by atoms with van der Waals surface area (Å²) in [4.78, 5) is 12.1. The number of hydrogen-bond acceptors (Lipinski definition) is 4. The Morgan fingerprint density at radius 3 is 2.81 bits per heavy atom. The fourth-order valence-electron chi connectivity index (χ4n) is 2.23. The molecule has 0 spiro atoms. The first-order valence-electron chi connectivity index (χ1n) is 7.05. The Morgan fingerprint density at radius 1 is 1.33 bits per heavy atom. The molecule has 2 aromatic rings. The van der Waals surface area contributed by atoms with Crippen LogP contribution in [-0.2, 0) is 4.79 Å². The number of para-hydroxylation sites is 1. The highest BCUT2D eigenvalue weighted by atomic mass is 32.2. The Balaban J connectivity index is 1.60. The summed E-state index contributed by atoms with van der Waals surface area (Å²) in [5.41, 5.74) is 1.93. The molecule has 0 aliphatic heterocycles. The zero-order valence-electron chi connectivity index (χ0n) is 12.2. The maximum Gasteiger partial charge on any atom is 0.234 e. The number of thioether (sulfide) groups is 1. The minimum atomic E-state index is -0.0164. The van der Waals surface area contributed by atoms with E-state index in [0.29, 0.717) is 11.8 Å². The number of anilines is 1. The largest absolute Gasteiger partial charge is 0.325 e. The number of rotatable bonds is 5. The molecule has 5 nitrogen and oxygen atoms in total. The zero-order valence-corrected chi connectivity index (χ0v) is 13.0. The SMILES string of the molecule is Cc1ccccc1NC(=O)CSc1nnc(C)n1C1CC1. The van der Waals surface area contributed by atoms with Crippen LogP contribution in [0.4, 0.5) is 5.69 Å². The fraction of sp³-hybridized carbons (Fsp3) is 0.400. The molecule has 0 unspecified atom stereocenters. The van der Waals surface area contributed by atoms with Gasteiger partial charge >= 0.3 is 0 Å². The van der Waals surface area contributed by atoms with Crippen molar-refractivity contribution in [1.82, 2.24) is 14.8 Å². The minimum absolute atomic E-state index is 0.0164. The van der Waals surface area contributed by atoms with Gasteiger partial charge < -0.3 is 9.88 Å². The van der Waals surface area contributed by atoms with Crippen LogP contribution in [0.2, 0.25) is 0 Å². The van der Waals surface area contributed by atoms with Crippen LogP contribution in [-0.4, -0.2) is 26.4 Å². The average Bonchev–Trinajstić information content (AvgIpc) is 3.23. The number of carbonyl (C=O) groups is 1. The van der Waals surface area contributed by atoms with Crippen LogP contribution in [0.25, 0.3) is 0 Å². The summed E-state index contributed by atoms with van der Waals surface area (Å²) in [6.45, 7) is 3.94. The molecule has 1 aliphatic rings. The second-order valence-electron chi connectivity index (χ2n) is 5.28.